The number of amides is 1. The zero-order valence-corrected chi connectivity index (χ0v) is 14.6. The van der Waals surface area contributed by atoms with Gasteiger partial charge in [0.05, 0.1) is 0 Å². The molecule has 0 spiro atoms. The van der Waals surface area contributed by atoms with Crippen LogP contribution in [-0.2, 0) is 4.74 Å². The lowest BCUT2D eigenvalue weighted by Gasteiger charge is -2.27. The first-order valence-corrected chi connectivity index (χ1v) is 7.89. The molecule has 21 heavy (non-hydrogen) atoms. The first-order valence-electron chi connectivity index (χ1n) is 7.09. The zero-order chi connectivity index (χ0) is 15.6. The number of likely N-dealkylation sites (tertiary alicyclic amines) is 1. The van der Waals surface area contributed by atoms with Crippen LogP contribution in [0.25, 0.3) is 0 Å². The van der Waals surface area contributed by atoms with Crippen LogP contribution in [0.4, 0.5) is 10.6 Å². The Morgan fingerprint density at radius 2 is 2.19 bits per heavy atom. The quantitative estimate of drug-likeness (QED) is 0.763. The van der Waals surface area contributed by atoms with Gasteiger partial charge >= 0.3 is 6.09 Å². The summed E-state index contributed by atoms with van der Waals surface area (Å²) in [5, 5.41) is 0. The van der Waals surface area contributed by atoms with Crippen molar-refractivity contribution in [2.45, 2.75) is 38.8 Å². The number of aromatic nitrogens is 1. The number of likely N-dealkylation sites (N-methyl/N-ethyl adjacent to an activating group) is 1. The summed E-state index contributed by atoms with van der Waals surface area (Å²) in [6, 6.07) is 6.10. The van der Waals surface area contributed by atoms with Crippen LogP contribution in [0.3, 0.4) is 0 Å². The summed E-state index contributed by atoms with van der Waals surface area (Å²) in [5.74, 6) is 0.903. The van der Waals surface area contributed by atoms with Gasteiger partial charge in [-0.2, -0.15) is 0 Å². The summed E-state index contributed by atoms with van der Waals surface area (Å²) in [4.78, 5) is 20.4. The van der Waals surface area contributed by atoms with Gasteiger partial charge in [-0.1, -0.05) is 6.07 Å². The van der Waals surface area contributed by atoms with Crippen LogP contribution < -0.4 is 4.90 Å². The third-order valence-electron chi connectivity index (χ3n) is 3.42. The molecule has 1 aromatic heterocycles. The molecule has 0 unspecified atom stereocenters. The number of pyridine rings is 1. The van der Waals surface area contributed by atoms with E-state index in [0.29, 0.717) is 6.54 Å². The van der Waals surface area contributed by atoms with Crippen molar-refractivity contribution in [2.24, 2.45) is 0 Å². The summed E-state index contributed by atoms with van der Waals surface area (Å²) in [7, 11) is 2.01. The normalized spacial score (nSPS) is 18.7. The fraction of sp³-hybridized carbons (Fsp3) is 0.600. The lowest BCUT2D eigenvalue weighted by Crippen LogP contribution is -2.39. The predicted molar refractivity (Wildman–Crippen MR) is 86.6 cm³/mol. The van der Waals surface area contributed by atoms with E-state index < -0.39 is 5.60 Å². The molecular formula is C15H22BrN3O2. The van der Waals surface area contributed by atoms with Gasteiger partial charge in [-0.3, -0.25) is 0 Å². The smallest absolute Gasteiger partial charge is 0.410 e. The Hall–Kier alpha value is -1.30. The number of hydrogen-bond donors (Lipinski definition) is 0. The Morgan fingerprint density at radius 1 is 1.48 bits per heavy atom. The van der Waals surface area contributed by atoms with Gasteiger partial charge in [0.15, 0.2) is 0 Å². The van der Waals surface area contributed by atoms with Gasteiger partial charge in [-0.05, 0) is 55.3 Å². The number of carbonyl (C=O) groups is 1. The van der Waals surface area contributed by atoms with Crippen molar-refractivity contribution in [1.29, 1.82) is 0 Å². The van der Waals surface area contributed by atoms with Crippen molar-refractivity contribution in [1.82, 2.24) is 9.88 Å². The largest absolute Gasteiger partial charge is 0.444 e. The highest BCUT2D eigenvalue weighted by Gasteiger charge is 2.32. The Bertz CT molecular complexity index is 516. The number of anilines is 1. The van der Waals surface area contributed by atoms with Gasteiger partial charge in [-0.15, -0.1) is 0 Å². The topological polar surface area (TPSA) is 45.7 Å². The highest BCUT2D eigenvalue weighted by Crippen LogP contribution is 2.22. The van der Waals surface area contributed by atoms with Crippen molar-refractivity contribution in [3.63, 3.8) is 0 Å². The molecule has 0 saturated carbocycles. The maximum Gasteiger partial charge on any atom is 0.410 e. The fourth-order valence-corrected chi connectivity index (χ4v) is 2.67. The Morgan fingerprint density at radius 3 is 2.81 bits per heavy atom. The standard InChI is InChI=1S/C15H22BrN3O2/c1-15(2,3)21-14(20)19-9-8-11(10-19)18(4)13-7-5-6-12(16)17-13/h5-7,11H,8-10H2,1-4H3/t11-/m0/s1. The highest BCUT2D eigenvalue weighted by atomic mass is 79.9. The minimum atomic E-state index is -0.451. The fourth-order valence-electron chi connectivity index (χ4n) is 2.33. The molecule has 0 aliphatic carbocycles. The first-order chi connectivity index (χ1) is 9.76. The molecule has 1 fully saturated rings. The summed E-state index contributed by atoms with van der Waals surface area (Å²) in [5.41, 5.74) is -0.451. The number of hydrogen-bond acceptors (Lipinski definition) is 4. The maximum absolute atomic E-state index is 12.1. The third kappa shape index (κ3) is 4.33. The molecule has 116 valence electrons. The Balaban J connectivity index is 1.97. The van der Waals surface area contributed by atoms with Crippen molar-refractivity contribution in [3.8, 4) is 0 Å². The molecule has 1 saturated heterocycles. The van der Waals surface area contributed by atoms with Gasteiger partial charge in [0.25, 0.3) is 0 Å². The van der Waals surface area contributed by atoms with Crippen LogP contribution in [0, 0.1) is 0 Å². The molecule has 1 aliphatic heterocycles. The third-order valence-corrected chi connectivity index (χ3v) is 3.87. The summed E-state index contributed by atoms with van der Waals surface area (Å²) < 4.78 is 6.23. The molecule has 0 bridgehead atoms. The first kappa shape index (κ1) is 16.1. The molecule has 6 heteroatoms. The minimum Gasteiger partial charge on any atom is -0.444 e. The lowest BCUT2D eigenvalue weighted by atomic mass is 10.2. The van der Waals surface area contributed by atoms with Gasteiger partial charge in [0, 0.05) is 26.2 Å². The van der Waals surface area contributed by atoms with E-state index in [1.165, 1.54) is 0 Å². The van der Waals surface area contributed by atoms with E-state index in [9.17, 15) is 4.79 Å². The predicted octanol–water partition coefficient (Wildman–Crippen LogP) is 3.29. The van der Waals surface area contributed by atoms with Crippen LogP contribution in [0.5, 0.6) is 0 Å². The zero-order valence-electron chi connectivity index (χ0n) is 13.0. The van der Waals surface area contributed by atoms with Crippen LogP contribution in [0.15, 0.2) is 22.8 Å². The van der Waals surface area contributed by atoms with Crippen molar-refractivity contribution in [3.05, 3.63) is 22.8 Å². The molecule has 0 radical (unpaired) electrons. The summed E-state index contributed by atoms with van der Waals surface area (Å²) in [6.07, 6.45) is 0.685. The molecule has 0 aromatic carbocycles. The van der Waals surface area contributed by atoms with E-state index in [-0.39, 0.29) is 12.1 Å². The van der Waals surface area contributed by atoms with E-state index in [4.69, 9.17) is 4.74 Å². The number of halogens is 1. The van der Waals surface area contributed by atoms with Gasteiger partial charge in [-0.25, -0.2) is 9.78 Å². The highest BCUT2D eigenvalue weighted by molar-refractivity contribution is 9.10. The second-order valence-corrected chi connectivity index (χ2v) is 7.11. The van der Waals surface area contributed by atoms with Gasteiger partial charge in [0.2, 0.25) is 0 Å². The average molecular weight is 356 g/mol. The number of rotatable bonds is 2. The SMILES string of the molecule is CN(c1cccc(Br)n1)[C@H]1CCN(C(=O)OC(C)(C)C)C1. The van der Waals surface area contributed by atoms with Gasteiger partial charge in [0.1, 0.15) is 16.0 Å². The molecule has 1 atom stereocenters. The van der Waals surface area contributed by atoms with E-state index in [0.717, 1.165) is 23.4 Å². The molecule has 1 aliphatic rings. The number of carbonyl (C=O) groups excluding carboxylic acids is 1. The van der Waals surface area contributed by atoms with Crippen LogP contribution >= 0.6 is 15.9 Å². The molecule has 5 nitrogen and oxygen atoms in total. The molecule has 2 heterocycles. The minimum absolute atomic E-state index is 0.236. The van der Waals surface area contributed by atoms with E-state index in [1.54, 1.807) is 4.90 Å². The van der Waals surface area contributed by atoms with E-state index >= 15 is 0 Å². The van der Waals surface area contributed by atoms with Crippen LogP contribution in [0.1, 0.15) is 27.2 Å². The summed E-state index contributed by atoms with van der Waals surface area (Å²) in [6.45, 7) is 7.04. The van der Waals surface area contributed by atoms with Crippen molar-refractivity contribution >= 4 is 27.8 Å². The molecule has 1 amide bonds. The molecule has 2 rings (SSSR count). The molecular weight excluding hydrogens is 334 g/mol. The monoisotopic (exact) mass is 355 g/mol. The van der Waals surface area contributed by atoms with Crippen molar-refractivity contribution < 1.29 is 9.53 Å². The summed E-state index contributed by atoms with van der Waals surface area (Å²) >= 11 is 3.38. The van der Waals surface area contributed by atoms with Gasteiger partial charge < -0.3 is 14.5 Å². The Labute approximate surface area is 134 Å². The maximum atomic E-state index is 12.1. The second-order valence-electron chi connectivity index (χ2n) is 6.30. The molecule has 1 aromatic rings. The number of nitrogens with zero attached hydrogens (tertiary/aromatic N) is 3. The number of ether oxygens (including phenoxy) is 1. The Kier molecular flexibility index (Phi) is 4.76. The molecule has 0 N–H and O–H groups in total. The second kappa shape index (κ2) is 6.22. The average Bonchev–Trinajstić information content (AvgIpc) is 2.85. The van der Waals surface area contributed by atoms with E-state index in [2.05, 4.69) is 25.8 Å². The van der Waals surface area contributed by atoms with E-state index in [1.807, 2.05) is 46.0 Å². The van der Waals surface area contributed by atoms with Crippen LogP contribution in [-0.4, -0.2) is 47.8 Å². The van der Waals surface area contributed by atoms with Crippen LogP contribution in [0.2, 0.25) is 0 Å². The van der Waals surface area contributed by atoms with Crippen molar-refractivity contribution in [2.75, 3.05) is 25.0 Å². The lowest BCUT2D eigenvalue weighted by molar-refractivity contribution is 0.0292.